The number of aromatic amines is 1. The van der Waals surface area contributed by atoms with E-state index in [1.165, 1.54) is 0 Å². The molecule has 10 heteroatoms. The zero-order chi connectivity index (χ0) is 17.8. The molecule has 0 amide bonds. The quantitative estimate of drug-likeness (QED) is 0.384. The molecular formula is C14H8N2O8. The van der Waals surface area contributed by atoms with Crippen molar-refractivity contribution in [3.05, 3.63) is 29.1 Å². The first kappa shape index (κ1) is 15.1. The van der Waals surface area contributed by atoms with Gasteiger partial charge in [-0.2, -0.15) is 0 Å². The maximum atomic E-state index is 11.5. The third kappa shape index (κ3) is 1.97. The number of pyridine rings is 1. The fraction of sp³-hybridized carbons (Fsp3) is 0. The number of phenols is 2. The van der Waals surface area contributed by atoms with Crippen molar-refractivity contribution in [2.45, 2.75) is 0 Å². The van der Waals surface area contributed by atoms with E-state index in [9.17, 15) is 29.7 Å². The highest BCUT2D eigenvalue weighted by atomic mass is 16.4. The Morgan fingerprint density at radius 1 is 0.917 bits per heavy atom. The molecule has 3 rings (SSSR count). The first-order chi connectivity index (χ1) is 11.2. The van der Waals surface area contributed by atoms with Crippen molar-refractivity contribution in [2.75, 3.05) is 0 Å². The summed E-state index contributed by atoms with van der Waals surface area (Å²) in [5, 5.41) is 47.1. The van der Waals surface area contributed by atoms with E-state index in [-0.39, 0.29) is 22.0 Å². The molecule has 0 spiro atoms. The standard InChI is InChI=1S/C14H8N2O8/c17-10-4-2-6(14(23)24)15-8(4)7-3(12(19)20)1-5(13(21)22)16-9(7)11(10)18/h1-2,15,17-18H,(H,19,20)(H,21,22)(H,23,24). The topological polar surface area (TPSA) is 181 Å². The first-order valence-electron chi connectivity index (χ1n) is 6.33. The van der Waals surface area contributed by atoms with Gasteiger partial charge in [0, 0.05) is 10.8 Å². The lowest BCUT2D eigenvalue weighted by molar-refractivity contribution is 0.0678. The Morgan fingerprint density at radius 3 is 2.12 bits per heavy atom. The van der Waals surface area contributed by atoms with Crippen LogP contribution >= 0.6 is 0 Å². The van der Waals surface area contributed by atoms with Crippen LogP contribution in [0.2, 0.25) is 0 Å². The van der Waals surface area contributed by atoms with E-state index in [4.69, 9.17) is 10.2 Å². The molecule has 0 saturated heterocycles. The van der Waals surface area contributed by atoms with E-state index in [2.05, 4.69) is 9.97 Å². The van der Waals surface area contributed by atoms with Crippen LogP contribution in [0.5, 0.6) is 11.5 Å². The van der Waals surface area contributed by atoms with Crippen LogP contribution in [0.15, 0.2) is 12.1 Å². The van der Waals surface area contributed by atoms with Gasteiger partial charge in [-0.05, 0) is 12.1 Å². The number of rotatable bonds is 3. The van der Waals surface area contributed by atoms with Crippen molar-refractivity contribution in [3.63, 3.8) is 0 Å². The van der Waals surface area contributed by atoms with Crippen LogP contribution in [-0.4, -0.2) is 53.4 Å². The van der Waals surface area contributed by atoms with E-state index < -0.39 is 46.2 Å². The van der Waals surface area contributed by atoms with Crippen LogP contribution in [0, 0.1) is 0 Å². The maximum Gasteiger partial charge on any atom is 0.354 e. The summed E-state index contributed by atoms with van der Waals surface area (Å²) in [4.78, 5) is 39.7. The molecule has 0 aliphatic rings. The van der Waals surface area contributed by atoms with Gasteiger partial charge in [0.25, 0.3) is 0 Å². The number of carbonyl (C=O) groups is 3. The smallest absolute Gasteiger partial charge is 0.354 e. The van der Waals surface area contributed by atoms with Crippen LogP contribution in [0.25, 0.3) is 21.8 Å². The van der Waals surface area contributed by atoms with Crippen LogP contribution < -0.4 is 0 Å². The number of hydrogen-bond acceptors (Lipinski definition) is 6. The second-order valence-electron chi connectivity index (χ2n) is 4.86. The third-order valence-corrected chi connectivity index (χ3v) is 3.47. The van der Waals surface area contributed by atoms with Gasteiger partial charge in [-0.25, -0.2) is 19.4 Å². The summed E-state index contributed by atoms with van der Waals surface area (Å²) in [5.74, 6) is -6.00. The minimum atomic E-state index is -1.53. The number of nitrogens with zero attached hydrogens (tertiary/aromatic N) is 1. The number of carboxylic acid groups (broad SMARTS) is 3. The van der Waals surface area contributed by atoms with Crippen molar-refractivity contribution < 1.29 is 39.9 Å². The van der Waals surface area contributed by atoms with E-state index in [0.29, 0.717) is 0 Å². The normalized spacial score (nSPS) is 11.0. The van der Waals surface area contributed by atoms with Crippen molar-refractivity contribution in [1.82, 2.24) is 9.97 Å². The molecule has 0 unspecified atom stereocenters. The first-order valence-corrected chi connectivity index (χ1v) is 6.33. The predicted molar refractivity (Wildman–Crippen MR) is 77.8 cm³/mol. The van der Waals surface area contributed by atoms with Gasteiger partial charge in [0.1, 0.15) is 16.9 Å². The minimum absolute atomic E-state index is 0.0976. The zero-order valence-corrected chi connectivity index (χ0v) is 11.6. The van der Waals surface area contributed by atoms with Gasteiger partial charge in [0.05, 0.1) is 11.1 Å². The highest BCUT2D eigenvalue weighted by molar-refractivity contribution is 6.19. The molecule has 0 atom stereocenters. The summed E-state index contributed by atoms with van der Waals surface area (Å²) in [5.41, 5.74) is -2.10. The Kier molecular flexibility index (Phi) is 3.04. The number of fused-ring (bicyclic) bond motifs is 3. The second kappa shape index (κ2) is 4.84. The SMILES string of the molecule is O=C(O)c1cc(C(=O)O)c2c(n1)c(O)c(O)c1cc(C(=O)O)[nH]c12. The number of carboxylic acids is 3. The van der Waals surface area contributed by atoms with Crippen LogP contribution in [0.1, 0.15) is 31.3 Å². The summed E-state index contributed by atoms with van der Waals surface area (Å²) in [6.07, 6.45) is 0. The largest absolute Gasteiger partial charge is 0.504 e. The molecule has 2 heterocycles. The third-order valence-electron chi connectivity index (χ3n) is 3.47. The molecule has 2 aromatic heterocycles. The fourth-order valence-corrected chi connectivity index (χ4v) is 2.44. The molecule has 3 aromatic rings. The number of phenolic OH excluding ortho intramolecular Hbond substituents is 2. The number of aromatic hydroxyl groups is 2. The molecule has 0 radical (unpaired) electrons. The molecule has 1 aromatic carbocycles. The monoisotopic (exact) mass is 332 g/mol. The Morgan fingerprint density at radius 2 is 1.58 bits per heavy atom. The average molecular weight is 332 g/mol. The molecule has 0 fully saturated rings. The molecular weight excluding hydrogens is 324 g/mol. The van der Waals surface area contributed by atoms with Gasteiger partial charge in [-0.3, -0.25) is 0 Å². The number of hydrogen-bond donors (Lipinski definition) is 6. The molecule has 24 heavy (non-hydrogen) atoms. The lowest BCUT2D eigenvalue weighted by atomic mass is 10.0. The summed E-state index contributed by atoms with van der Waals surface area (Å²) in [7, 11) is 0. The van der Waals surface area contributed by atoms with Gasteiger partial charge < -0.3 is 30.5 Å². The lowest BCUT2D eigenvalue weighted by Gasteiger charge is -2.09. The van der Waals surface area contributed by atoms with E-state index in [1.807, 2.05) is 0 Å². The van der Waals surface area contributed by atoms with Gasteiger partial charge in [0.2, 0.25) is 0 Å². The van der Waals surface area contributed by atoms with Gasteiger partial charge in [-0.15, -0.1) is 0 Å². The van der Waals surface area contributed by atoms with Crippen molar-refractivity contribution in [1.29, 1.82) is 0 Å². The average Bonchev–Trinajstić information content (AvgIpc) is 2.96. The van der Waals surface area contributed by atoms with Gasteiger partial charge in [-0.1, -0.05) is 0 Å². The maximum absolute atomic E-state index is 11.5. The summed E-state index contributed by atoms with van der Waals surface area (Å²) in [6, 6.07) is 1.80. The Labute approximate surface area is 131 Å². The summed E-state index contributed by atoms with van der Waals surface area (Å²) >= 11 is 0. The summed E-state index contributed by atoms with van der Waals surface area (Å²) < 4.78 is 0. The van der Waals surface area contributed by atoms with Gasteiger partial charge in [0.15, 0.2) is 11.5 Å². The predicted octanol–water partition coefficient (Wildman–Crippen LogP) is 1.22. The summed E-state index contributed by atoms with van der Waals surface area (Å²) in [6.45, 7) is 0. The Balaban J connectivity index is 2.62. The zero-order valence-electron chi connectivity index (χ0n) is 11.6. The van der Waals surface area contributed by atoms with Crippen molar-refractivity contribution in [3.8, 4) is 11.5 Å². The molecule has 0 bridgehead atoms. The minimum Gasteiger partial charge on any atom is -0.504 e. The van der Waals surface area contributed by atoms with E-state index >= 15 is 0 Å². The van der Waals surface area contributed by atoms with Crippen LogP contribution in [-0.2, 0) is 0 Å². The van der Waals surface area contributed by atoms with E-state index in [1.54, 1.807) is 0 Å². The highest BCUT2D eigenvalue weighted by Gasteiger charge is 2.25. The van der Waals surface area contributed by atoms with Gasteiger partial charge >= 0.3 is 17.9 Å². The lowest BCUT2D eigenvalue weighted by Crippen LogP contribution is -2.07. The van der Waals surface area contributed by atoms with E-state index in [0.717, 1.165) is 12.1 Å². The molecule has 122 valence electrons. The molecule has 6 N–H and O–H groups in total. The Hall–Kier alpha value is -3.82. The van der Waals surface area contributed by atoms with Crippen molar-refractivity contribution in [2.24, 2.45) is 0 Å². The van der Waals surface area contributed by atoms with Crippen LogP contribution in [0.3, 0.4) is 0 Å². The highest BCUT2D eigenvalue weighted by Crippen LogP contribution is 2.42. The fourth-order valence-electron chi connectivity index (χ4n) is 2.44. The molecule has 0 saturated carbocycles. The number of nitrogens with one attached hydrogen (secondary N) is 1. The Bertz CT molecular complexity index is 1070. The number of aromatic carboxylic acids is 3. The number of H-pyrrole nitrogens is 1. The second-order valence-corrected chi connectivity index (χ2v) is 4.86. The molecule has 0 aliphatic carbocycles. The van der Waals surface area contributed by atoms with Crippen molar-refractivity contribution >= 4 is 39.7 Å². The number of aromatic nitrogens is 2. The number of benzene rings is 1. The van der Waals surface area contributed by atoms with Crippen LogP contribution in [0.4, 0.5) is 0 Å². The molecule has 0 aliphatic heterocycles. The molecule has 10 nitrogen and oxygen atoms in total.